The smallest absolute Gasteiger partial charge is 0.0423 e. The second kappa shape index (κ2) is 4.79. The highest BCUT2D eigenvalue weighted by Crippen LogP contribution is 2.37. The fraction of sp³-hybridized carbons (Fsp3) is 0.0588. The maximum atomic E-state index is 2.21. The molecule has 18 heavy (non-hydrogen) atoms. The summed E-state index contributed by atoms with van der Waals surface area (Å²) in [5.41, 5.74) is 5.29. The highest BCUT2D eigenvalue weighted by atomic mass is 32.1. The third-order valence-corrected chi connectivity index (χ3v) is 4.09. The standard InChI is InChI=1S/C17H14S/c1-13-7-5-6-10-15(13)17-16(11-12-18-17)14-8-3-2-4-9-14/h2-12H,1H3. The van der Waals surface area contributed by atoms with Crippen LogP contribution in [0.25, 0.3) is 21.6 Å². The SMILES string of the molecule is Cc1ccccc1-c1sccc1-c1ccccc1. The Hall–Kier alpha value is -1.86. The molecule has 0 atom stereocenters. The summed E-state index contributed by atoms with van der Waals surface area (Å²) in [7, 11) is 0. The number of benzene rings is 2. The van der Waals surface area contributed by atoms with Crippen molar-refractivity contribution in [2.75, 3.05) is 0 Å². The van der Waals surface area contributed by atoms with Crippen molar-refractivity contribution in [3.8, 4) is 21.6 Å². The van der Waals surface area contributed by atoms with Gasteiger partial charge in [-0.3, -0.25) is 0 Å². The van der Waals surface area contributed by atoms with E-state index in [0.717, 1.165) is 0 Å². The summed E-state index contributed by atoms with van der Waals surface area (Å²) < 4.78 is 0. The van der Waals surface area contributed by atoms with Crippen LogP contribution in [0.1, 0.15) is 5.56 Å². The van der Waals surface area contributed by atoms with Crippen molar-refractivity contribution < 1.29 is 0 Å². The minimum atomic E-state index is 1.29. The van der Waals surface area contributed by atoms with Gasteiger partial charge in [0.1, 0.15) is 0 Å². The molecule has 0 saturated carbocycles. The van der Waals surface area contributed by atoms with Gasteiger partial charge in [-0.15, -0.1) is 11.3 Å². The number of rotatable bonds is 2. The van der Waals surface area contributed by atoms with Crippen LogP contribution in [-0.4, -0.2) is 0 Å². The molecule has 0 nitrogen and oxygen atoms in total. The van der Waals surface area contributed by atoms with E-state index < -0.39 is 0 Å². The van der Waals surface area contributed by atoms with Crippen LogP contribution in [0.4, 0.5) is 0 Å². The zero-order chi connectivity index (χ0) is 12.4. The van der Waals surface area contributed by atoms with Crippen molar-refractivity contribution in [2.24, 2.45) is 0 Å². The molecule has 0 spiro atoms. The van der Waals surface area contributed by atoms with Crippen LogP contribution in [0.3, 0.4) is 0 Å². The van der Waals surface area contributed by atoms with Gasteiger partial charge < -0.3 is 0 Å². The van der Waals surface area contributed by atoms with Crippen molar-refractivity contribution in [3.05, 3.63) is 71.6 Å². The predicted molar refractivity (Wildman–Crippen MR) is 79.9 cm³/mol. The van der Waals surface area contributed by atoms with Crippen molar-refractivity contribution in [3.63, 3.8) is 0 Å². The molecule has 1 heterocycles. The van der Waals surface area contributed by atoms with Crippen molar-refractivity contribution >= 4 is 11.3 Å². The van der Waals surface area contributed by atoms with Gasteiger partial charge in [0.25, 0.3) is 0 Å². The molecule has 0 amide bonds. The summed E-state index contributed by atoms with van der Waals surface area (Å²) in [6, 6.07) is 21.4. The van der Waals surface area contributed by atoms with Gasteiger partial charge in [-0.2, -0.15) is 0 Å². The quantitative estimate of drug-likeness (QED) is 0.572. The van der Waals surface area contributed by atoms with Gasteiger partial charge in [-0.25, -0.2) is 0 Å². The van der Waals surface area contributed by atoms with Crippen molar-refractivity contribution in [2.45, 2.75) is 6.92 Å². The Bertz CT molecular complexity index is 650. The molecule has 88 valence electrons. The van der Waals surface area contributed by atoms with E-state index in [1.54, 1.807) is 0 Å². The summed E-state index contributed by atoms with van der Waals surface area (Å²) in [6.07, 6.45) is 0. The third-order valence-electron chi connectivity index (χ3n) is 3.14. The van der Waals surface area contributed by atoms with Gasteiger partial charge in [0.2, 0.25) is 0 Å². The van der Waals surface area contributed by atoms with Gasteiger partial charge in [0, 0.05) is 10.4 Å². The Morgan fingerprint density at radius 2 is 1.44 bits per heavy atom. The van der Waals surface area contributed by atoms with E-state index >= 15 is 0 Å². The normalized spacial score (nSPS) is 10.5. The largest absolute Gasteiger partial charge is 0.143 e. The molecular weight excluding hydrogens is 236 g/mol. The fourth-order valence-electron chi connectivity index (χ4n) is 2.19. The first kappa shape index (κ1) is 11.2. The molecule has 2 aromatic carbocycles. The number of hydrogen-bond donors (Lipinski definition) is 0. The molecule has 1 aromatic heterocycles. The van der Waals surface area contributed by atoms with Crippen LogP contribution in [0.5, 0.6) is 0 Å². The molecule has 0 radical (unpaired) electrons. The molecule has 0 unspecified atom stereocenters. The highest BCUT2D eigenvalue weighted by Gasteiger charge is 2.10. The van der Waals surface area contributed by atoms with E-state index in [1.807, 2.05) is 11.3 Å². The molecule has 1 heteroatoms. The van der Waals surface area contributed by atoms with Crippen LogP contribution in [0, 0.1) is 6.92 Å². The van der Waals surface area contributed by atoms with Crippen LogP contribution < -0.4 is 0 Å². The van der Waals surface area contributed by atoms with E-state index in [2.05, 4.69) is 73.0 Å². The molecule has 0 bridgehead atoms. The average Bonchev–Trinajstić information content (AvgIpc) is 2.89. The lowest BCUT2D eigenvalue weighted by Crippen LogP contribution is -1.82. The molecule has 0 aliphatic heterocycles. The third kappa shape index (κ3) is 1.98. The Labute approximate surface area is 112 Å². The maximum absolute atomic E-state index is 2.21. The van der Waals surface area contributed by atoms with E-state index in [9.17, 15) is 0 Å². The second-order valence-electron chi connectivity index (χ2n) is 4.34. The maximum Gasteiger partial charge on any atom is 0.0423 e. The van der Waals surface area contributed by atoms with E-state index in [1.165, 1.54) is 27.1 Å². The average molecular weight is 250 g/mol. The summed E-state index contributed by atoms with van der Waals surface area (Å²) in [6.45, 7) is 2.17. The van der Waals surface area contributed by atoms with E-state index in [0.29, 0.717) is 0 Å². The minimum Gasteiger partial charge on any atom is -0.143 e. The zero-order valence-corrected chi connectivity index (χ0v) is 11.1. The number of thiophene rings is 1. The van der Waals surface area contributed by atoms with Crippen molar-refractivity contribution in [1.29, 1.82) is 0 Å². The van der Waals surface area contributed by atoms with Gasteiger partial charge >= 0.3 is 0 Å². The molecule has 0 fully saturated rings. The topological polar surface area (TPSA) is 0 Å². The Kier molecular flexibility index (Phi) is 2.99. The molecule has 0 aliphatic carbocycles. The van der Waals surface area contributed by atoms with Crippen LogP contribution in [-0.2, 0) is 0 Å². The monoisotopic (exact) mass is 250 g/mol. The Morgan fingerprint density at radius 3 is 2.22 bits per heavy atom. The lowest BCUT2D eigenvalue weighted by molar-refractivity contribution is 1.48. The molecule has 3 rings (SSSR count). The fourth-order valence-corrected chi connectivity index (χ4v) is 3.20. The number of aryl methyl sites for hydroxylation is 1. The van der Waals surface area contributed by atoms with Crippen molar-refractivity contribution in [1.82, 2.24) is 0 Å². The molecule has 0 aliphatic rings. The zero-order valence-electron chi connectivity index (χ0n) is 10.3. The first-order valence-corrected chi connectivity index (χ1v) is 6.93. The summed E-state index contributed by atoms with van der Waals surface area (Å²) >= 11 is 1.81. The lowest BCUT2D eigenvalue weighted by atomic mass is 10.0. The highest BCUT2D eigenvalue weighted by molar-refractivity contribution is 7.14. The van der Waals surface area contributed by atoms with Crippen LogP contribution in [0.15, 0.2) is 66.0 Å². The van der Waals surface area contributed by atoms with E-state index in [-0.39, 0.29) is 0 Å². The Balaban J connectivity index is 2.16. The minimum absolute atomic E-state index is 1.29. The van der Waals surface area contributed by atoms with Gasteiger partial charge in [-0.05, 0) is 35.1 Å². The molecular formula is C17H14S. The predicted octanol–water partition coefficient (Wildman–Crippen LogP) is 5.39. The molecule has 3 aromatic rings. The molecule has 0 saturated heterocycles. The summed E-state index contributed by atoms with van der Waals surface area (Å²) in [5, 5.41) is 2.17. The summed E-state index contributed by atoms with van der Waals surface area (Å²) in [4.78, 5) is 1.36. The van der Waals surface area contributed by atoms with Gasteiger partial charge in [-0.1, -0.05) is 54.6 Å². The summed E-state index contributed by atoms with van der Waals surface area (Å²) in [5.74, 6) is 0. The number of hydrogen-bond acceptors (Lipinski definition) is 1. The van der Waals surface area contributed by atoms with Gasteiger partial charge in [0.15, 0.2) is 0 Å². The van der Waals surface area contributed by atoms with Crippen LogP contribution >= 0.6 is 11.3 Å². The van der Waals surface area contributed by atoms with Gasteiger partial charge in [0.05, 0.1) is 0 Å². The molecule has 0 N–H and O–H groups in total. The second-order valence-corrected chi connectivity index (χ2v) is 5.26. The Morgan fingerprint density at radius 1 is 0.722 bits per heavy atom. The van der Waals surface area contributed by atoms with E-state index in [4.69, 9.17) is 0 Å². The first-order chi connectivity index (χ1) is 8.86. The van der Waals surface area contributed by atoms with Crippen LogP contribution in [0.2, 0.25) is 0 Å². The first-order valence-electron chi connectivity index (χ1n) is 6.05. The lowest BCUT2D eigenvalue weighted by Gasteiger charge is -2.07.